The average molecular weight is 150 g/mol. The van der Waals surface area contributed by atoms with Crippen molar-refractivity contribution < 1.29 is 5.11 Å². The molecule has 1 N–H and O–H groups in total. The van der Waals surface area contributed by atoms with Gasteiger partial charge in [0.1, 0.15) is 0 Å². The second-order valence-corrected chi connectivity index (χ2v) is 2.99. The van der Waals surface area contributed by atoms with E-state index in [4.69, 9.17) is 5.11 Å². The van der Waals surface area contributed by atoms with Gasteiger partial charge < -0.3 is 5.11 Å². The molecule has 0 aliphatic rings. The van der Waals surface area contributed by atoms with Crippen molar-refractivity contribution >= 4 is 0 Å². The number of benzene rings is 1. The molecule has 1 heteroatoms. The molecule has 0 bridgehead atoms. The molecule has 1 aromatic rings. The highest BCUT2D eigenvalue weighted by atomic mass is 16.3. The molecular formula is C10H14O. The van der Waals surface area contributed by atoms with E-state index in [1.807, 2.05) is 6.92 Å². The predicted octanol–water partition coefficient (Wildman–Crippen LogP) is 2.09. The summed E-state index contributed by atoms with van der Waals surface area (Å²) < 4.78 is 0. The van der Waals surface area contributed by atoms with Crippen LogP contribution in [0.15, 0.2) is 24.3 Å². The molecule has 60 valence electrons. The molecule has 0 amide bonds. The molecule has 0 saturated carbocycles. The standard InChI is InChI=1S/C10H14O/c1-8-3-5-10(6-4-8)9(2)7-11/h3-6,9,11H,7H2,1-2H3. The molecule has 0 aliphatic carbocycles. The zero-order valence-electron chi connectivity index (χ0n) is 7.04. The van der Waals surface area contributed by atoms with E-state index < -0.39 is 0 Å². The van der Waals surface area contributed by atoms with Gasteiger partial charge in [-0.3, -0.25) is 0 Å². The maximum absolute atomic E-state index is 8.86. The van der Waals surface area contributed by atoms with Gasteiger partial charge in [0.15, 0.2) is 0 Å². The Labute approximate surface area is 67.7 Å². The fourth-order valence-electron chi connectivity index (χ4n) is 1.00. The maximum atomic E-state index is 8.86. The summed E-state index contributed by atoms with van der Waals surface area (Å²) in [5, 5.41) is 8.86. The number of aliphatic hydroxyl groups excluding tert-OH is 1. The number of hydrogen-bond donors (Lipinski definition) is 1. The van der Waals surface area contributed by atoms with Gasteiger partial charge in [-0.2, -0.15) is 0 Å². The number of rotatable bonds is 2. The Morgan fingerprint density at radius 1 is 1.27 bits per heavy atom. The topological polar surface area (TPSA) is 20.2 Å². The molecule has 11 heavy (non-hydrogen) atoms. The summed E-state index contributed by atoms with van der Waals surface area (Å²) in [5.41, 5.74) is 2.47. The molecule has 0 spiro atoms. The van der Waals surface area contributed by atoms with E-state index >= 15 is 0 Å². The van der Waals surface area contributed by atoms with Gasteiger partial charge >= 0.3 is 0 Å². The van der Waals surface area contributed by atoms with Crippen LogP contribution < -0.4 is 0 Å². The van der Waals surface area contributed by atoms with Crippen LogP contribution in [-0.4, -0.2) is 11.7 Å². The zero-order valence-corrected chi connectivity index (χ0v) is 7.04. The summed E-state index contributed by atoms with van der Waals surface area (Å²) in [6.07, 6.45) is 0. The summed E-state index contributed by atoms with van der Waals surface area (Å²) in [6, 6.07) is 8.27. The third-order valence-corrected chi connectivity index (χ3v) is 1.92. The van der Waals surface area contributed by atoms with E-state index in [1.54, 1.807) is 0 Å². The smallest absolute Gasteiger partial charge is 0.0497 e. The normalized spacial score (nSPS) is 13.0. The molecular weight excluding hydrogens is 136 g/mol. The number of hydrogen-bond acceptors (Lipinski definition) is 1. The lowest BCUT2D eigenvalue weighted by molar-refractivity contribution is 0.273. The summed E-state index contributed by atoms with van der Waals surface area (Å²) in [4.78, 5) is 0. The van der Waals surface area contributed by atoms with Gasteiger partial charge in [0, 0.05) is 12.5 Å². The third-order valence-electron chi connectivity index (χ3n) is 1.92. The van der Waals surface area contributed by atoms with Gasteiger partial charge in [0.05, 0.1) is 0 Å². The van der Waals surface area contributed by atoms with Gasteiger partial charge in [-0.1, -0.05) is 36.8 Å². The molecule has 0 saturated heterocycles. The maximum Gasteiger partial charge on any atom is 0.0497 e. The van der Waals surface area contributed by atoms with E-state index in [9.17, 15) is 0 Å². The Bertz CT molecular complexity index is 213. The van der Waals surface area contributed by atoms with Crippen LogP contribution >= 0.6 is 0 Å². The summed E-state index contributed by atoms with van der Waals surface area (Å²) in [6.45, 7) is 4.31. The van der Waals surface area contributed by atoms with Crippen LogP contribution in [-0.2, 0) is 0 Å². The molecule has 0 aliphatic heterocycles. The van der Waals surface area contributed by atoms with Crippen molar-refractivity contribution in [3.63, 3.8) is 0 Å². The fourth-order valence-corrected chi connectivity index (χ4v) is 1.00. The van der Waals surface area contributed by atoms with E-state index in [0.717, 1.165) is 0 Å². The third kappa shape index (κ3) is 2.05. The first-order valence-electron chi connectivity index (χ1n) is 3.91. The highest BCUT2D eigenvalue weighted by molar-refractivity contribution is 5.23. The van der Waals surface area contributed by atoms with Crippen LogP contribution in [0.2, 0.25) is 0 Å². The first-order valence-corrected chi connectivity index (χ1v) is 3.91. The largest absolute Gasteiger partial charge is 0.396 e. The molecule has 0 heterocycles. The first-order chi connectivity index (χ1) is 5.24. The Morgan fingerprint density at radius 3 is 2.27 bits per heavy atom. The van der Waals surface area contributed by atoms with Gasteiger partial charge in [0.2, 0.25) is 0 Å². The predicted molar refractivity (Wildman–Crippen MR) is 46.7 cm³/mol. The highest BCUT2D eigenvalue weighted by Crippen LogP contribution is 2.14. The Morgan fingerprint density at radius 2 is 1.82 bits per heavy atom. The number of aryl methyl sites for hydroxylation is 1. The van der Waals surface area contributed by atoms with E-state index in [1.165, 1.54) is 11.1 Å². The molecule has 0 radical (unpaired) electrons. The summed E-state index contributed by atoms with van der Waals surface area (Å²) in [5.74, 6) is 0.260. The Balaban J connectivity index is 2.81. The van der Waals surface area contributed by atoms with E-state index in [2.05, 4.69) is 31.2 Å². The molecule has 1 aromatic carbocycles. The van der Waals surface area contributed by atoms with Gasteiger partial charge in [-0.25, -0.2) is 0 Å². The van der Waals surface area contributed by atoms with Crippen LogP contribution in [0, 0.1) is 6.92 Å². The van der Waals surface area contributed by atoms with Gasteiger partial charge in [-0.05, 0) is 12.5 Å². The van der Waals surface area contributed by atoms with Crippen molar-refractivity contribution in [2.24, 2.45) is 0 Å². The molecule has 1 atom stereocenters. The van der Waals surface area contributed by atoms with Crippen LogP contribution in [0.4, 0.5) is 0 Å². The fraction of sp³-hybridized carbons (Fsp3) is 0.400. The van der Waals surface area contributed by atoms with E-state index in [0.29, 0.717) is 0 Å². The lowest BCUT2D eigenvalue weighted by Crippen LogP contribution is -1.97. The number of aliphatic hydroxyl groups is 1. The molecule has 0 aromatic heterocycles. The monoisotopic (exact) mass is 150 g/mol. The molecule has 1 nitrogen and oxygen atoms in total. The van der Waals surface area contributed by atoms with Crippen LogP contribution in [0.5, 0.6) is 0 Å². The lowest BCUT2D eigenvalue weighted by Gasteiger charge is -2.07. The van der Waals surface area contributed by atoms with E-state index in [-0.39, 0.29) is 12.5 Å². The van der Waals surface area contributed by atoms with Crippen molar-refractivity contribution in [1.82, 2.24) is 0 Å². The van der Waals surface area contributed by atoms with Crippen molar-refractivity contribution in [1.29, 1.82) is 0 Å². The van der Waals surface area contributed by atoms with Crippen LogP contribution in [0.25, 0.3) is 0 Å². The Hall–Kier alpha value is -0.820. The first kappa shape index (κ1) is 8.28. The molecule has 1 unspecified atom stereocenters. The van der Waals surface area contributed by atoms with Crippen molar-refractivity contribution in [3.8, 4) is 0 Å². The van der Waals surface area contributed by atoms with Crippen molar-refractivity contribution in [2.75, 3.05) is 6.61 Å². The van der Waals surface area contributed by atoms with Gasteiger partial charge in [0.25, 0.3) is 0 Å². The minimum atomic E-state index is 0.225. The zero-order chi connectivity index (χ0) is 8.27. The molecule has 1 rings (SSSR count). The van der Waals surface area contributed by atoms with Crippen LogP contribution in [0.1, 0.15) is 24.0 Å². The minimum Gasteiger partial charge on any atom is -0.396 e. The quantitative estimate of drug-likeness (QED) is 0.684. The van der Waals surface area contributed by atoms with Gasteiger partial charge in [-0.15, -0.1) is 0 Å². The molecule has 0 fully saturated rings. The second-order valence-electron chi connectivity index (χ2n) is 2.99. The van der Waals surface area contributed by atoms with Crippen molar-refractivity contribution in [3.05, 3.63) is 35.4 Å². The van der Waals surface area contributed by atoms with Crippen LogP contribution in [0.3, 0.4) is 0 Å². The Kier molecular flexibility index (Phi) is 2.66. The SMILES string of the molecule is Cc1ccc(C(C)CO)cc1. The summed E-state index contributed by atoms with van der Waals surface area (Å²) >= 11 is 0. The minimum absolute atomic E-state index is 0.225. The lowest BCUT2D eigenvalue weighted by atomic mass is 10.0. The second kappa shape index (κ2) is 3.54. The summed E-state index contributed by atoms with van der Waals surface area (Å²) in [7, 11) is 0. The van der Waals surface area contributed by atoms with Crippen molar-refractivity contribution in [2.45, 2.75) is 19.8 Å². The average Bonchev–Trinajstić information content (AvgIpc) is 2.05. The highest BCUT2D eigenvalue weighted by Gasteiger charge is 2.01.